The van der Waals surface area contributed by atoms with Crippen molar-refractivity contribution in [2.75, 3.05) is 26.7 Å². The summed E-state index contributed by atoms with van der Waals surface area (Å²) < 4.78 is 0. The summed E-state index contributed by atoms with van der Waals surface area (Å²) in [5.41, 5.74) is -0.523. The summed E-state index contributed by atoms with van der Waals surface area (Å²) in [4.78, 5) is 27.6. The van der Waals surface area contributed by atoms with Gasteiger partial charge in [-0.2, -0.15) is 0 Å². The highest BCUT2D eigenvalue weighted by molar-refractivity contribution is 5.86. The SMILES string of the molecule is CNC(C)(C)C(=O)N1CCN2C(=O)CCC2C1. The van der Waals surface area contributed by atoms with Crippen LogP contribution in [0.2, 0.25) is 0 Å². The van der Waals surface area contributed by atoms with Gasteiger partial charge in [-0.1, -0.05) is 0 Å². The molecule has 2 aliphatic rings. The van der Waals surface area contributed by atoms with Crippen LogP contribution >= 0.6 is 0 Å². The van der Waals surface area contributed by atoms with E-state index >= 15 is 0 Å². The summed E-state index contributed by atoms with van der Waals surface area (Å²) in [5, 5.41) is 3.04. The van der Waals surface area contributed by atoms with Crippen molar-refractivity contribution in [3.63, 3.8) is 0 Å². The van der Waals surface area contributed by atoms with Crippen LogP contribution in [0.25, 0.3) is 0 Å². The molecule has 1 atom stereocenters. The first-order valence-corrected chi connectivity index (χ1v) is 6.23. The number of carbonyl (C=O) groups is 2. The summed E-state index contributed by atoms with van der Waals surface area (Å²) >= 11 is 0. The van der Waals surface area contributed by atoms with Crippen molar-refractivity contribution in [2.24, 2.45) is 0 Å². The van der Waals surface area contributed by atoms with Gasteiger partial charge in [0.15, 0.2) is 0 Å². The Bertz CT molecular complexity index is 341. The monoisotopic (exact) mass is 239 g/mol. The Morgan fingerprint density at radius 2 is 2.12 bits per heavy atom. The van der Waals surface area contributed by atoms with E-state index in [9.17, 15) is 9.59 Å². The molecule has 5 nitrogen and oxygen atoms in total. The highest BCUT2D eigenvalue weighted by Crippen LogP contribution is 2.24. The zero-order valence-electron chi connectivity index (χ0n) is 10.8. The summed E-state index contributed by atoms with van der Waals surface area (Å²) in [6.07, 6.45) is 1.53. The van der Waals surface area contributed by atoms with Gasteiger partial charge in [-0.15, -0.1) is 0 Å². The average Bonchev–Trinajstić information content (AvgIpc) is 2.69. The Morgan fingerprint density at radius 3 is 2.76 bits per heavy atom. The fraction of sp³-hybridized carbons (Fsp3) is 0.833. The van der Waals surface area contributed by atoms with Gasteiger partial charge in [-0.25, -0.2) is 0 Å². The Labute approximate surface area is 102 Å². The summed E-state index contributed by atoms with van der Waals surface area (Å²) in [5.74, 6) is 0.369. The number of rotatable bonds is 2. The van der Waals surface area contributed by atoms with Gasteiger partial charge in [-0.3, -0.25) is 9.59 Å². The van der Waals surface area contributed by atoms with Gasteiger partial charge in [0.05, 0.1) is 5.54 Å². The lowest BCUT2D eigenvalue weighted by Gasteiger charge is -2.40. The van der Waals surface area contributed by atoms with Gasteiger partial charge in [-0.05, 0) is 27.3 Å². The summed E-state index contributed by atoms with van der Waals surface area (Å²) in [6, 6.07) is 0.243. The number of amides is 2. The number of nitrogens with zero attached hydrogens (tertiary/aromatic N) is 2. The van der Waals surface area contributed by atoms with Gasteiger partial charge >= 0.3 is 0 Å². The number of fused-ring (bicyclic) bond motifs is 1. The molecule has 0 saturated carbocycles. The van der Waals surface area contributed by atoms with E-state index in [4.69, 9.17) is 0 Å². The van der Waals surface area contributed by atoms with Crippen LogP contribution in [-0.2, 0) is 9.59 Å². The van der Waals surface area contributed by atoms with Crippen molar-refractivity contribution >= 4 is 11.8 Å². The largest absolute Gasteiger partial charge is 0.337 e. The van der Waals surface area contributed by atoms with Crippen LogP contribution in [0.15, 0.2) is 0 Å². The molecule has 0 aromatic heterocycles. The molecule has 1 N–H and O–H groups in total. The quantitative estimate of drug-likeness (QED) is 0.727. The predicted octanol–water partition coefficient (Wildman–Crippen LogP) is -0.182. The van der Waals surface area contributed by atoms with E-state index in [0.29, 0.717) is 26.1 Å². The lowest BCUT2D eigenvalue weighted by molar-refractivity contribution is -0.143. The number of nitrogens with one attached hydrogen (secondary N) is 1. The van der Waals surface area contributed by atoms with Crippen molar-refractivity contribution in [2.45, 2.75) is 38.3 Å². The number of likely N-dealkylation sites (N-methyl/N-ethyl adjacent to an activating group) is 1. The molecule has 0 spiro atoms. The minimum Gasteiger partial charge on any atom is -0.337 e. The predicted molar refractivity (Wildman–Crippen MR) is 64.5 cm³/mol. The van der Waals surface area contributed by atoms with Crippen molar-refractivity contribution in [3.8, 4) is 0 Å². The maximum Gasteiger partial charge on any atom is 0.242 e. The van der Waals surface area contributed by atoms with Crippen molar-refractivity contribution in [1.29, 1.82) is 0 Å². The molecule has 0 bridgehead atoms. The molecule has 0 aromatic carbocycles. The second-order valence-corrected chi connectivity index (χ2v) is 5.41. The molecule has 0 radical (unpaired) electrons. The normalized spacial score (nSPS) is 25.1. The van der Waals surface area contributed by atoms with E-state index in [1.165, 1.54) is 0 Å². The zero-order chi connectivity index (χ0) is 12.6. The van der Waals surface area contributed by atoms with Gasteiger partial charge in [0.25, 0.3) is 0 Å². The van der Waals surface area contributed by atoms with Crippen LogP contribution in [0.3, 0.4) is 0 Å². The Kier molecular flexibility index (Phi) is 3.12. The molecular weight excluding hydrogens is 218 g/mol. The molecule has 0 aromatic rings. The average molecular weight is 239 g/mol. The Hall–Kier alpha value is -1.10. The molecule has 17 heavy (non-hydrogen) atoms. The Balaban J connectivity index is 2.02. The fourth-order valence-electron chi connectivity index (χ4n) is 2.55. The molecule has 2 saturated heterocycles. The number of hydrogen-bond donors (Lipinski definition) is 1. The second-order valence-electron chi connectivity index (χ2n) is 5.41. The molecule has 2 amide bonds. The molecule has 2 fully saturated rings. The van der Waals surface area contributed by atoms with Crippen LogP contribution in [0.5, 0.6) is 0 Å². The van der Waals surface area contributed by atoms with Gasteiger partial charge < -0.3 is 15.1 Å². The minimum absolute atomic E-state index is 0.124. The minimum atomic E-state index is -0.523. The van der Waals surface area contributed by atoms with Crippen LogP contribution in [0.1, 0.15) is 26.7 Å². The third-order valence-corrected chi connectivity index (χ3v) is 3.94. The zero-order valence-corrected chi connectivity index (χ0v) is 10.8. The first-order chi connectivity index (χ1) is 7.95. The number of carbonyl (C=O) groups excluding carboxylic acids is 2. The van der Waals surface area contributed by atoms with Gasteiger partial charge in [0, 0.05) is 32.1 Å². The van der Waals surface area contributed by atoms with E-state index in [-0.39, 0.29) is 17.9 Å². The highest BCUT2D eigenvalue weighted by atomic mass is 16.2. The van der Waals surface area contributed by atoms with Crippen LogP contribution < -0.4 is 5.32 Å². The van der Waals surface area contributed by atoms with Crippen LogP contribution in [0, 0.1) is 0 Å². The molecular formula is C12H21N3O2. The number of hydrogen-bond acceptors (Lipinski definition) is 3. The van der Waals surface area contributed by atoms with E-state index in [0.717, 1.165) is 6.42 Å². The smallest absolute Gasteiger partial charge is 0.242 e. The first-order valence-electron chi connectivity index (χ1n) is 6.23. The lowest BCUT2D eigenvalue weighted by atomic mass is 10.0. The molecule has 5 heteroatoms. The van der Waals surface area contributed by atoms with Gasteiger partial charge in [0.2, 0.25) is 11.8 Å². The van der Waals surface area contributed by atoms with Crippen LogP contribution in [-0.4, -0.2) is 59.9 Å². The van der Waals surface area contributed by atoms with E-state index in [2.05, 4.69) is 5.32 Å². The fourth-order valence-corrected chi connectivity index (χ4v) is 2.55. The maximum absolute atomic E-state index is 12.3. The van der Waals surface area contributed by atoms with E-state index in [1.807, 2.05) is 23.6 Å². The Morgan fingerprint density at radius 1 is 1.41 bits per heavy atom. The molecule has 1 unspecified atom stereocenters. The molecule has 0 aliphatic carbocycles. The highest BCUT2D eigenvalue weighted by Gasteiger charge is 2.39. The third kappa shape index (κ3) is 2.16. The molecule has 2 heterocycles. The van der Waals surface area contributed by atoms with Crippen molar-refractivity contribution in [1.82, 2.24) is 15.1 Å². The first kappa shape index (κ1) is 12.4. The van der Waals surface area contributed by atoms with E-state index in [1.54, 1.807) is 7.05 Å². The molecule has 2 rings (SSSR count). The molecule has 96 valence electrons. The summed E-state index contributed by atoms with van der Waals surface area (Å²) in [6.45, 7) is 5.82. The van der Waals surface area contributed by atoms with Crippen molar-refractivity contribution < 1.29 is 9.59 Å². The second kappa shape index (κ2) is 4.29. The molecule has 2 aliphatic heterocycles. The third-order valence-electron chi connectivity index (χ3n) is 3.94. The number of piperazine rings is 1. The maximum atomic E-state index is 12.3. The van der Waals surface area contributed by atoms with E-state index < -0.39 is 5.54 Å². The summed E-state index contributed by atoms with van der Waals surface area (Å²) in [7, 11) is 1.80. The van der Waals surface area contributed by atoms with Gasteiger partial charge in [0.1, 0.15) is 0 Å². The van der Waals surface area contributed by atoms with Crippen molar-refractivity contribution in [3.05, 3.63) is 0 Å². The lowest BCUT2D eigenvalue weighted by Crippen LogP contribution is -2.60. The standard InChI is InChI=1S/C12H21N3O2/c1-12(2,13-3)11(17)14-6-7-15-9(8-14)4-5-10(15)16/h9,13H,4-8H2,1-3H3. The van der Waals surface area contributed by atoms with Crippen LogP contribution in [0.4, 0.5) is 0 Å². The topological polar surface area (TPSA) is 52.7 Å².